The maximum atomic E-state index is 13.9. The van der Waals surface area contributed by atoms with Gasteiger partial charge in [-0.2, -0.15) is 0 Å². The van der Waals surface area contributed by atoms with E-state index >= 15 is 0 Å². The van der Waals surface area contributed by atoms with Crippen LogP contribution in [0.2, 0.25) is 5.02 Å². The predicted molar refractivity (Wildman–Crippen MR) is 169 cm³/mol. The number of carboxylic acids is 1. The third-order valence-electron chi connectivity index (χ3n) is 8.00. The van der Waals surface area contributed by atoms with Crippen LogP contribution in [-0.2, 0) is 27.6 Å². The van der Waals surface area contributed by atoms with Crippen molar-refractivity contribution in [3.05, 3.63) is 112 Å². The summed E-state index contributed by atoms with van der Waals surface area (Å²) in [7, 11) is -1.30. The van der Waals surface area contributed by atoms with E-state index in [1.807, 2.05) is 84.9 Å². The maximum Gasteiger partial charge on any atom is 1.00 e. The Bertz CT molecular complexity index is 1660. The van der Waals surface area contributed by atoms with Gasteiger partial charge in [-0.05, 0) is 97.9 Å². The van der Waals surface area contributed by atoms with Gasteiger partial charge in [0.15, 0.2) is 0 Å². The normalized spacial score (nSPS) is 15.6. The molecule has 4 aromatic rings. The molecular formula is C35H35ClNNaO4S. The van der Waals surface area contributed by atoms with Crippen LogP contribution in [0.5, 0.6) is 0 Å². The fourth-order valence-electron chi connectivity index (χ4n) is 5.57. The maximum absolute atomic E-state index is 13.9. The molecule has 1 N–H and O–H groups in total. The number of carboxylic acid groups (broad SMARTS) is 1. The molecule has 0 spiro atoms. The summed E-state index contributed by atoms with van der Waals surface area (Å²) in [4.78, 5) is 16.1. The first kappa shape index (κ1) is 33.6. The molecule has 3 aromatic carbocycles. The molecular weight excluding hydrogens is 589 g/mol. The largest absolute Gasteiger partial charge is 1.00 e. The standard InChI is InChI=1S/C35H36ClNO4S.Na/c1-34(2,40)30-9-4-3-7-25(30)13-17-32(42(41)23-35(18-19-35)22-33(38)39)27-8-5-6-24(20-27)10-15-29-16-12-26-11-14-28(36)21-31(26)37-29;/h3-12,14-16,20-21,32,40H,13,17-19,22-23H2,1-2H3,(H,38,39);/q;+1/p-1/b15-10-;/t32-,42?;/m1./s1. The second kappa shape index (κ2) is 14.2. The van der Waals surface area contributed by atoms with Gasteiger partial charge in [0.25, 0.3) is 0 Å². The van der Waals surface area contributed by atoms with Crippen LogP contribution in [0.25, 0.3) is 23.1 Å². The van der Waals surface area contributed by atoms with Crippen LogP contribution in [0, 0.1) is 5.41 Å². The summed E-state index contributed by atoms with van der Waals surface area (Å²) in [6, 6.07) is 25.4. The zero-order valence-electron chi connectivity index (χ0n) is 24.9. The van der Waals surface area contributed by atoms with Crippen molar-refractivity contribution in [1.82, 2.24) is 4.98 Å². The number of rotatable bonds is 12. The molecule has 2 atom stereocenters. The molecule has 0 saturated heterocycles. The predicted octanol–water partition coefficient (Wildman–Crippen LogP) is 3.63. The van der Waals surface area contributed by atoms with Gasteiger partial charge in [-0.1, -0.05) is 78.3 Å². The van der Waals surface area contributed by atoms with E-state index in [1.165, 1.54) is 0 Å². The number of aryl methyl sites for hydroxylation is 1. The fourth-order valence-corrected chi connectivity index (χ4v) is 7.77. The molecule has 1 fully saturated rings. The molecule has 1 aromatic heterocycles. The molecule has 0 aliphatic heterocycles. The van der Waals surface area contributed by atoms with Gasteiger partial charge in [-0.3, -0.25) is 4.21 Å². The second-order valence-corrected chi connectivity index (χ2v) is 13.9. The van der Waals surface area contributed by atoms with Gasteiger partial charge < -0.3 is 15.0 Å². The summed E-state index contributed by atoms with van der Waals surface area (Å²) in [5, 5.41) is 23.5. The van der Waals surface area contributed by atoms with Crippen LogP contribution >= 0.6 is 11.6 Å². The number of aliphatic hydroxyl groups is 1. The van der Waals surface area contributed by atoms with E-state index in [-0.39, 0.29) is 41.2 Å². The smallest absolute Gasteiger partial charge is 0.550 e. The number of aromatic nitrogens is 1. The molecule has 218 valence electrons. The first-order valence-corrected chi connectivity index (χ1v) is 16.0. The Hall–Kier alpha value is -2.32. The summed E-state index contributed by atoms with van der Waals surface area (Å²) >= 11 is 6.15. The number of hydrogen-bond donors (Lipinski definition) is 1. The monoisotopic (exact) mass is 623 g/mol. The number of pyridine rings is 1. The topological polar surface area (TPSA) is 90.3 Å². The van der Waals surface area contributed by atoms with Gasteiger partial charge in [-0.25, -0.2) is 4.98 Å². The van der Waals surface area contributed by atoms with Crippen molar-refractivity contribution < 1.29 is 48.8 Å². The summed E-state index contributed by atoms with van der Waals surface area (Å²) < 4.78 is 13.9. The number of carbonyl (C=O) groups excluding carboxylic acids is 1. The van der Waals surface area contributed by atoms with Crippen molar-refractivity contribution in [3.8, 4) is 0 Å². The SMILES string of the molecule is CC(C)(O)c1ccccc1CC[C@H](c1cccc(/C=C\c2ccc3ccc(Cl)cc3n2)c1)S(=O)CC1(CC(=O)[O-])CC1.[Na+]. The average molecular weight is 624 g/mol. The van der Waals surface area contributed by atoms with Crippen LogP contribution in [0.1, 0.15) is 72.7 Å². The number of nitrogens with zero attached hydrogens (tertiary/aromatic N) is 1. The summed E-state index contributed by atoms with van der Waals surface area (Å²) in [6.07, 6.45) is 6.63. The van der Waals surface area contributed by atoms with Crippen LogP contribution in [-0.4, -0.2) is 26.0 Å². The van der Waals surface area contributed by atoms with E-state index in [9.17, 15) is 19.2 Å². The minimum atomic E-state index is -1.30. The third kappa shape index (κ3) is 8.87. The number of benzene rings is 3. The van der Waals surface area contributed by atoms with E-state index < -0.39 is 27.8 Å². The van der Waals surface area contributed by atoms with E-state index in [2.05, 4.69) is 6.07 Å². The minimum absolute atomic E-state index is 0. The van der Waals surface area contributed by atoms with Gasteiger partial charge >= 0.3 is 29.6 Å². The van der Waals surface area contributed by atoms with Crippen molar-refractivity contribution >= 4 is 51.4 Å². The van der Waals surface area contributed by atoms with Gasteiger partial charge in [0.2, 0.25) is 0 Å². The van der Waals surface area contributed by atoms with E-state index in [4.69, 9.17) is 16.6 Å². The Labute approximate surface area is 283 Å². The molecule has 1 aliphatic carbocycles. The molecule has 1 heterocycles. The molecule has 1 unspecified atom stereocenters. The molecule has 5 nitrogen and oxygen atoms in total. The molecule has 0 amide bonds. The van der Waals surface area contributed by atoms with Gasteiger partial charge in [0.05, 0.1) is 22.1 Å². The number of hydrogen-bond acceptors (Lipinski definition) is 5. The Morgan fingerprint density at radius 1 is 1.07 bits per heavy atom. The Balaban J connectivity index is 0.00000423. The van der Waals surface area contributed by atoms with Crippen molar-refractivity contribution in [2.24, 2.45) is 5.41 Å². The minimum Gasteiger partial charge on any atom is -0.550 e. The molecule has 1 aliphatic rings. The van der Waals surface area contributed by atoms with E-state index in [0.717, 1.165) is 51.7 Å². The van der Waals surface area contributed by atoms with Crippen molar-refractivity contribution in [3.63, 3.8) is 0 Å². The van der Waals surface area contributed by atoms with Crippen LogP contribution in [0.3, 0.4) is 0 Å². The Morgan fingerprint density at radius 2 is 1.81 bits per heavy atom. The van der Waals surface area contributed by atoms with Gasteiger partial charge in [-0.15, -0.1) is 0 Å². The average Bonchev–Trinajstić information content (AvgIpc) is 3.69. The first-order valence-electron chi connectivity index (χ1n) is 14.2. The first-order chi connectivity index (χ1) is 20.0. The van der Waals surface area contributed by atoms with Crippen molar-refractivity contribution in [2.75, 3.05) is 5.75 Å². The fraction of sp³-hybridized carbons (Fsp3) is 0.314. The van der Waals surface area contributed by atoms with Crippen LogP contribution in [0.4, 0.5) is 0 Å². The number of carbonyl (C=O) groups is 1. The molecule has 8 heteroatoms. The molecule has 1 saturated carbocycles. The van der Waals surface area contributed by atoms with E-state index in [0.29, 0.717) is 23.6 Å². The van der Waals surface area contributed by atoms with Gasteiger partial charge in [0, 0.05) is 32.9 Å². The quantitative estimate of drug-likeness (QED) is 0.244. The summed E-state index contributed by atoms with van der Waals surface area (Å²) in [5.41, 5.74) is 3.96. The number of halogens is 1. The van der Waals surface area contributed by atoms with Crippen LogP contribution < -0.4 is 34.7 Å². The van der Waals surface area contributed by atoms with Crippen molar-refractivity contribution in [1.29, 1.82) is 0 Å². The molecule has 0 bridgehead atoms. The Morgan fingerprint density at radius 3 is 2.53 bits per heavy atom. The van der Waals surface area contributed by atoms with E-state index in [1.54, 1.807) is 13.8 Å². The number of fused-ring (bicyclic) bond motifs is 1. The second-order valence-electron chi connectivity index (χ2n) is 11.9. The Kier molecular flexibility index (Phi) is 11.1. The third-order valence-corrected chi connectivity index (χ3v) is 10.3. The molecule has 43 heavy (non-hydrogen) atoms. The zero-order valence-corrected chi connectivity index (χ0v) is 28.5. The van der Waals surface area contributed by atoms with Crippen molar-refractivity contribution in [2.45, 2.75) is 56.8 Å². The zero-order chi connectivity index (χ0) is 29.9. The summed E-state index contributed by atoms with van der Waals surface area (Å²) in [5.74, 6) is -0.751. The van der Waals surface area contributed by atoms with Gasteiger partial charge in [0.1, 0.15) is 0 Å². The molecule has 5 rings (SSSR count). The summed E-state index contributed by atoms with van der Waals surface area (Å²) in [6.45, 7) is 3.54. The number of aliphatic carboxylic acids is 1. The van der Waals surface area contributed by atoms with Crippen LogP contribution in [0.15, 0.2) is 78.9 Å². The molecule has 0 radical (unpaired) electrons.